The first kappa shape index (κ1) is 9.13. The highest BCUT2D eigenvalue weighted by atomic mass is 35.5. The van der Waals surface area contributed by atoms with Gasteiger partial charge in [-0.05, 0) is 12.1 Å². The van der Waals surface area contributed by atoms with Crippen LogP contribution in [0.5, 0.6) is 11.5 Å². The molecule has 1 aliphatic heterocycles. The number of benzene rings is 1. The molecule has 0 aromatic heterocycles. The SMILES string of the molecule is N#CC(O)c1cc(Cl)c2c(c1)OCO2. The number of aliphatic hydroxyl groups is 1. The van der Waals surface area contributed by atoms with E-state index in [9.17, 15) is 5.11 Å². The van der Waals surface area contributed by atoms with Gasteiger partial charge in [0.1, 0.15) is 0 Å². The molecule has 0 radical (unpaired) electrons. The molecule has 1 unspecified atom stereocenters. The first-order valence-corrected chi connectivity index (χ1v) is 4.27. The fourth-order valence-electron chi connectivity index (χ4n) is 1.22. The number of nitriles is 1. The van der Waals surface area contributed by atoms with E-state index in [1.54, 1.807) is 12.1 Å². The molecule has 1 aliphatic rings. The van der Waals surface area contributed by atoms with Gasteiger partial charge in [-0.15, -0.1) is 0 Å². The summed E-state index contributed by atoms with van der Waals surface area (Å²) in [5, 5.41) is 18.1. The quantitative estimate of drug-likeness (QED) is 0.717. The molecule has 0 spiro atoms. The zero-order valence-electron chi connectivity index (χ0n) is 7.03. The summed E-state index contributed by atoms with van der Waals surface area (Å²) in [4.78, 5) is 0. The summed E-state index contributed by atoms with van der Waals surface area (Å²) in [6, 6.07) is 4.73. The zero-order valence-corrected chi connectivity index (χ0v) is 7.78. The average Bonchev–Trinajstić information content (AvgIpc) is 2.64. The molecule has 0 amide bonds. The van der Waals surface area contributed by atoms with Gasteiger partial charge in [-0.3, -0.25) is 0 Å². The van der Waals surface area contributed by atoms with E-state index in [-0.39, 0.29) is 6.79 Å². The fraction of sp³-hybridized carbons (Fsp3) is 0.222. The predicted octanol–water partition coefficient (Wildman–Crippen LogP) is 1.63. The van der Waals surface area contributed by atoms with Crippen molar-refractivity contribution in [2.75, 3.05) is 6.79 Å². The second kappa shape index (κ2) is 3.37. The van der Waals surface area contributed by atoms with Crippen molar-refractivity contribution in [2.24, 2.45) is 0 Å². The Kier molecular flexibility index (Phi) is 2.20. The smallest absolute Gasteiger partial charge is 0.231 e. The Morgan fingerprint density at radius 2 is 2.29 bits per heavy atom. The van der Waals surface area contributed by atoms with Crippen molar-refractivity contribution in [1.82, 2.24) is 0 Å². The molecule has 1 aromatic rings. The number of rotatable bonds is 1. The lowest BCUT2D eigenvalue weighted by molar-refractivity contribution is 0.173. The van der Waals surface area contributed by atoms with Crippen LogP contribution in [0.4, 0.5) is 0 Å². The maximum absolute atomic E-state index is 9.27. The summed E-state index contributed by atoms with van der Waals surface area (Å²) < 4.78 is 10.2. The van der Waals surface area contributed by atoms with Crippen LogP contribution in [0.15, 0.2) is 12.1 Å². The molecular weight excluding hydrogens is 206 g/mol. The molecule has 0 bridgehead atoms. The molecule has 4 nitrogen and oxygen atoms in total. The van der Waals surface area contributed by atoms with Gasteiger partial charge in [0.25, 0.3) is 0 Å². The van der Waals surface area contributed by atoms with Crippen molar-refractivity contribution in [1.29, 1.82) is 5.26 Å². The van der Waals surface area contributed by atoms with Crippen molar-refractivity contribution >= 4 is 11.6 Å². The topological polar surface area (TPSA) is 62.5 Å². The highest BCUT2D eigenvalue weighted by Gasteiger charge is 2.20. The van der Waals surface area contributed by atoms with Crippen LogP contribution in [0.25, 0.3) is 0 Å². The van der Waals surface area contributed by atoms with E-state index in [0.29, 0.717) is 22.1 Å². The van der Waals surface area contributed by atoms with Crippen LogP contribution < -0.4 is 9.47 Å². The Bertz CT molecular complexity index is 413. The van der Waals surface area contributed by atoms with Gasteiger partial charge in [0.05, 0.1) is 11.1 Å². The second-order valence-corrected chi connectivity index (χ2v) is 3.18. The van der Waals surface area contributed by atoms with Crippen molar-refractivity contribution in [3.63, 3.8) is 0 Å². The van der Waals surface area contributed by atoms with E-state index in [2.05, 4.69) is 0 Å². The molecule has 1 N–H and O–H groups in total. The fourth-order valence-corrected chi connectivity index (χ4v) is 1.49. The third-order valence-corrected chi connectivity index (χ3v) is 2.17. The van der Waals surface area contributed by atoms with Crippen molar-refractivity contribution < 1.29 is 14.6 Å². The minimum absolute atomic E-state index is 0.112. The molecule has 72 valence electrons. The number of nitrogens with zero attached hydrogens (tertiary/aromatic N) is 1. The van der Waals surface area contributed by atoms with Gasteiger partial charge in [-0.1, -0.05) is 11.6 Å². The molecule has 5 heteroatoms. The monoisotopic (exact) mass is 211 g/mol. The molecule has 0 aliphatic carbocycles. The van der Waals surface area contributed by atoms with Gasteiger partial charge in [-0.2, -0.15) is 5.26 Å². The van der Waals surface area contributed by atoms with Crippen molar-refractivity contribution in [3.8, 4) is 17.6 Å². The van der Waals surface area contributed by atoms with E-state index in [0.717, 1.165) is 0 Å². The second-order valence-electron chi connectivity index (χ2n) is 2.77. The zero-order chi connectivity index (χ0) is 10.1. The summed E-state index contributed by atoms with van der Waals surface area (Å²) in [6.07, 6.45) is -1.19. The number of hydrogen-bond donors (Lipinski definition) is 1. The molecule has 2 rings (SSSR count). The van der Waals surface area contributed by atoms with Gasteiger partial charge >= 0.3 is 0 Å². The van der Waals surface area contributed by atoms with E-state index < -0.39 is 6.10 Å². The van der Waals surface area contributed by atoms with E-state index >= 15 is 0 Å². The van der Waals surface area contributed by atoms with E-state index in [4.69, 9.17) is 26.3 Å². The Balaban J connectivity index is 2.48. The lowest BCUT2D eigenvalue weighted by Crippen LogP contribution is -1.93. The molecule has 1 heterocycles. The van der Waals surface area contributed by atoms with E-state index in [1.165, 1.54) is 6.07 Å². The Labute approximate surface area is 85.2 Å². The highest BCUT2D eigenvalue weighted by molar-refractivity contribution is 6.32. The van der Waals surface area contributed by atoms with Gasteiger partial charge in [0.15, 0.2) is 17.6 Å². The van der Waals surface area contributed by atoms with Crippen LogP contribution >= 0.6 is 11.6 Å². The van der Waals surface area contributed by atoms with Gasteiger partial charge in [0.2, 0.25) is 6.79 Å². The van der Waals surface area contributed by atoms with Gasteiger partial charge in [0, 0.05) is 5.56 Å². The molecule has 1 aromatic carbocycles. The molecule has 14 heavy (non-hydrogen) atoms. The number of aliphatic hydroxyl groups excluding tert-OH is 1. The molecule has 0 saturated heterocycles. The Hall–Kier alpha value is -1.44. The average molecular weight is 212 g/mol. The van der Waals surface area contributed by atoms with Crippen molar-refractivity contribution in [3.05, 3.63) is 22.7 Å². The van der Waals surface area contributed by atoms with Crippen molar-refractivity contribution in [2.45, 2.75) is 6.10 Å². The van der Waals surface area contributed by atoms with Crippen LogP contribution in [-0.4, -0.2) is 11.9 Å². The summed E-state index contributed by atoms with van der Waals surface area (Å²) in [5.41, 5.74) is 0.404. The number of fused-ring (bicyclic) bond motifs is 1. The third-order valence-electron chi connectivity index (χ3n) is 1.89. The maximum Gasteiger partial charge on any atom is 0.231 e. The molecule has 1 atom stereocenters. The Morgan fingerprint density at radius 3 is 3.00 bits per heavy atom. The molecular formula is C9H6ClNO3. The van der Waals surface area contributed by atoms with Crippen LogP contribution in [0.3, 0.4) is 0 Å². The molecule has 0 saturated carbocycles. The largest absolute Gasteiger partial charge is 0.454 e. The lowest BCUT2D eigenvalue weighted by atomic mass is 10.1. The van der Waals surface area contributed by atoms with Gasteiger partial charge in [-0.25, -0.2) is 0 Å². The first-order chi connectivity index (χ1) is 6.72. The number of hydrogen-bond acceptors (Lipinski definition) is 4. The standard InChI is InChI=1S/C9H6ClNO3/c10-6-1-5(7(12)3-11)2-8-9(6)14-4-13-8/h1-2,7,12H,4H2. The van der Waals surface area contributed by atoms with Crippen LogP contribution in [-0.2, 0) is 0 Å². The number of ether oxygens (including phenoxy) is 2. The Morgan fingerprint density at radius 1 is 1.50 bits per heavy atom. The van der Waals surface area contributed by atoms with Gasteiger partial charge < -0.3 is 14.6 Å². The normalized spacial score (nSPS) is 14.9. The minimum atomic E-state index is -1.19. The predicted molar refractivity (Wildman–Crippen MR) is 48.1 cm³/mol. The minimum Gasteiger partial charge on any atom is -0.454 e. The summed E-state index contributed by atoms with van der Waals surface area (Å²) in [5.74, 6) is 0.919. The van der Waals surface area contributed by atoms with Crippen LogP contribution in [0.1, 0.15) is 11.7 Å². The first-order valence-electron chi connectivity index (χ1n) is 3.89. The summed E-state index contributed by atoms with van der Waals surface area (Å²) >= 11 is 5.85. The van der Waals surface area contributed by atoms with Crippen LogP contribution in [0, 0.1) is 11.3 Å². The molecule has 0 fully saturated rings. The number of halogens is 1. The lowest BCUT2D eigenvalue weighted by Gasteiger charge is -2.05. The maximum atomic E-state index is 9.27. The third kappa shape index (κ3) is 1.37. The van der Waals surface area contributed by atoms with Crippen LogP contribution in [0.2, 0.25) is 5.02 Å². The highest BCUT2D eigenvalue weighted by Crippen LogP contribution is 2.40. The van der Waals surface area contributed by atoms with E-state index in [1.807, 2.05) is 0 Å². The summed E-state index contributed by atoms with van der Waals surface area (Å²) in [6.45, 7) is 0.112. The summed E-state index contributed by atoms with van der Waals surface area (Å²) in [7, 11) is 0.